The lowest BCUT2D eigenvalue weighted by Gasteiger charge is -2.17. The number of rotatable bonds is 9. The predicted molar refractivity (Wildman–Crippen MR) is 76.3 cm³/mol. The fourth-order valence-corrected chi connectivity index (χ4v) is 1.64. The maximum Gasteiger partial charge on any atom is 0.119 e. The highest BCUT2D eigenvalue weighted by atomic mass is 16.5. The highest BCUT2D eigenvalue weighted by Crippen LogP contribution is 2.22. The van der Waals surface area contributed by atoms with E-state index in [2.05, 4.69) is 0 Å². The van der Waals surface area contributed by atoms with E-state index in [0.29, 0.717) is 19.8 Å². The van der Waals surface area contributed by atoms with Crippen LogP contribution in [0, 0.1) is 0 Å². The Hall–Kier alpha value is -1.10. The Labute approximate surface area is 115 Å². The molecule has 0 aliphatic rings. The average molecular weight is 267 g/mol. The minimum atomic E-state index is -0.807. The first kappa shape index (κ1) is 16.0. The van der Waals surface area contributed by atoms with E-state index in [1.165, 1.54) is 0 Å². The number of aliphatic hydroxyl groups is 1. The molecule has 0 radical (unpaired) electrons. The van der Waals surface area contributed by atoms with Crippen molar-refractivity contribution >= 4 is 0 Å². The summed E-state index contributed by atoms with van der Waals surface area (Å²) in [5.74, 6) is 0.830. The van der Waals surface area contributed by atoms with Gasteiger partial charge in [0.2, 0.25) is 0 Å². The molecule has 4 heteroatoms. The standard InChI is InChI=1S/C15H25NO3/c1-15(2,17)13-5-7-14(8-6-13)19-11-4-3-10-18-12-9-16/h5-8,17H,3-4,9-12,16H2,1-2H3. The molecule has 1 rings (SSSR count). The third kappa shape index (κ3) is 6.57. The molecule has 0 spiro atoms. The van der Waals surface area contributed by atoms with Gasteiger partial charge in [-0.1, -0.05) is 12.1 Å². The summed E-state index contributed by atoms with van der Waals surface area (Å²) >= 11 is 0. The monoisotopic (exact) mass is 267 g/mol. The second kappa shape index (κ2) is 8.15. The molecular formula is C15H25NO3. The van der Waals surface area contributed by atoms with Gasteiger partial charge >= 0.3 is 0 Å². The Bertz CT molecular complexity index is 343. The van der Waals surface area contributed by atoms with E-state index in [0.717, 1.165) is 30.8 Å². The third-order valence-electron chi connectivity index (χ3n) is 2.77. The lowest BCUT2D eigenvalue weighted by Crippen LogP contribution is -2.15. The van der Waals surface area contributed by atoms with Gasteiger partial charge in [0, 0.05) is 13.2 Å². The normalized spacial score (nSPS) is 11.6. The van der Waals surface area contributed by atoms with Crippen LogP contribution < -0.4 is 10.5 Å². The number of nitrogens with two attached hydrogens (primary N) is 1. The van der Waals surface area contributed by atoms with Crippen molar-refractivity contribution < 1.29 is 14.6 Å². The first-order chi connectivity index (χ1) is 9.04. The maximum absolute atomic E-state index is 9.83. The Kier molecular flexibility index (Phi) is 6.84. The maximum atomic E-state index is 9.83. The van der Waals surface area contributed by atoms with Gasteiger partial charge in [0.1, 0.15) is 5.75 Å². The summed E-state index contributed by atoms with van der Waals surface area (Å²) in [6.45, 7) is 6.14. The van der Waals surface area contributed by atoms with E-state index < -0.39 is 5.60 Å². The molecule has 0 saturated carbocycles. The number of hydrogen-bond acceptors (Lipinski definition) is 4. The van der Waals surface area contributed by atoms with E-state index in [-0.39, 0.29) is 0 Å². The Morgan fingerprint density at radius 1 is 1.05 bits per heavy atom. The van der Waals surface area contributed by atoms with Gasteiger partial charge in [-0.15, -0.1) is 0 Å². The molecule has 0 aromatic heterocycles. The zero-order valence-corrected chi connectivity index (χ0v) is 11.9. The molecule has 4 nitrogen and oxygen atoms in total. The van der Waals surface area contributed by atoms with Gasteiger partial charge in [0.15, 0.2) is 0 Å². The lowest BCUT2D eigenvalue weighted by molar-refractivity contribution is 0.0785. The van der Waals surface area contributed by atoms with Crippen molar-refractivity contribution in [2.75, 3.05) is 26.4 Å². The molecule has 0 bridgehead atoms. The molecule has 0 aliphatic heterocycles. The molecule has 0 aliphatic carbocycles. The second-order valence-corrected chi connectivity index (χ2v) is 5.04. The van der Waals surface area contributed by atoms with Crippen LogP contribution in [0.1, 0.15) is 32.3 Å². The van der Waals surface area contributed by atoms with Crippen molar-refractivity contribution in [2.24, 2.45) is 5.73 Å². The molecule has 0 heterocycles. The largest absolute Gasteiger partial charge is 0.494 e. The van der Waals surface area contributed by atoms with Gasteiger partial charge in [0.25, 0.3) is 0 Å². The summed E-state index contributed by atoms with van der Waals surface area (Å²) in [6, 6.07) is 7.55. The Morgan fingerprint density at radius 2 is 1.68 bits per heavy atom. The van der Waals surface area contributed by atoms with Crippen LogP contribution in [-0.4, -0.2) is 31.5 Å². The molecule has 0 fully saturated rings. The molecule has 0 saturated heterocycles. The first-order valence-corrected chi connectivity index (χ1v) is 6.77. The predicted octanol–water partition coefficient (Wildman–Crippen LogP) is 2.05. The molecule has 0 unspecified atom stereocenters. The molecule has 0 atom stereocenters. The topological polar surface area (TPSA) is 64.7 Å². The van der Waals surface area contributed by atoms with Crippen molar-refractivity contribution in [3.05, 3.63) is 29.8 Å². The zero-order chi connectivity index (χ0) is 14.1. The Morgan fingerprint density at radius 3 is 2.26 bits per heavy atom. The van der Waals surface area contributed by atoms with Gasteiger partial charge in [-0.3, -0.25) is 0 Å². The van der Waals surface area contributed by atoms with Gasteiger partial charge in [0.05, 0.1) is 18.8 Å². The number of hydrogen-bond donors (Lipinski definition) is 2. The van der Waals surface area contributed by atoms with Crippen LogP contribution in [0.5, 0.6) is 5.75 Å². The molecule has 0 amide bonds. The lowest BCUT2D eigenvalue weighted by atomic mass is 9.99. The highest BCUT2D eigenvalue weighted by Gasteiger charge is 2.15. The minimum absolute atomic E-state index is 0.573. The molecule has 1 aromatic rings. The van der Waals surface area contributed by atoms with Crippen molar-refractivity contribution in [3.8, 4) is 5.75 Å². The van der Waals surface area contributed by atoms with E-state index >= 15 is 0 Å². The Balaban J connectivity index is 2.20. The van der Waals surface area contributed by atoms with Gasteiger partial charge in [-0.05, 0) is 44.4 Å². The summed E-state index contributed by atoms with van der Waals surface area (Å²) < 4.78 is 10.9. The fraction of sp³-hybridized carbons (Fsp3) is 0.600. The fourth-order valence-electron chi connectivity index (χ4n) is 1.64. The first-order valence-electron chi connectivity index (χ1n) is 6.77. The quantitative estimate of drug-likeness (QED) is 0.672. The smallest absolute Gasteiger partial charge is 0.119 e. The second-order valence-electron chi connectivity index (χ2n) is 5.04. The summed E-state index contributed by atoms with van der Waals surface area (Å²) in [7, 11) is 0. The number of benzene rings is 1. The minimum Gasteiger partial charge on any atom is -0.494 e. The summed E-state index contributed by atoms with van der Waals surface area (Å²) in [5, 5.41) is 9.83. The van der Waals surface area contributed by atoms with Crippen molar-refractivity contribution in [2.45, 2.75) is 32.3 Å². The van der Waals surface area contributed by atoms with Crippen LogP contribution in [0.3, 0.4) is 0 Å². The molecule has 108 valence electrons. The average Bonchev–Trinajstić information content (AvgIpc) is 2.37. The van der Waals surface area contributed by atoms with Crippen LogP contribution in [0.4, 0.5) is 0 Å². The molecule has 19 heavy (non-hydrogen) atoms. The van der Waals surface area contributed by atoms with Crippen molar-refractivity contribution in [1.29, 1.82) is 0 Å². The van der Waals surface area contributed by atoms with Crippen LogP contribution in [0.15, 0.2) is 24.3 Å². The van der Waals surface area contributed by atoms with E-state index in [1.54, 1.807) is 13.8 Å². The SMILES string of the molecule is CC(C)(O)c1ccc(OCCCCOCCN)cc1. The van der Waals surface area contributed by atoms with Gasteiger partial charge in [-0.25, -0.2) is 0 Å². The third-order valence-corrected chi connectivity index (χ3v) is 2.77. The summed E-state index contributed by atoms with van der Waals surface area (Å²) in [6.07, 6.45) is 1.93. The zero-order valence-electron chi connectivity index (χ0n) is 11.9. The summed E-state index contributed by atoms with van der Waals surface area (Å²) in [5.41, 5.74) is 5.40. The van der Waals surface area contributed by atoms with Crippen LogP contribution in [0.2, 0.25) is 0 Å². The van der Waals surface area contributed by atoms with Crippen molar-refractivity contribution in [3.63, 3.8) is 0 Å². The molecule has 3 N–H and O–H groups in total. The van der Waals surface area contributed by atoms with Gasteiger partial charge < -0.3 is 20.3 Å². The van der Waals surface area contributed by atoms with Crippen molar-refractivity contribution in [1.82, 2.24) is 0 Å². The highest BCUT2D eigenvalue weighted by molar-refractivity contribution is 5.30. The van der Waals surface area contributed by atoms with Gasteiger partial charge in [-0.2, -0.15) is 0 Å². The summed E-state index contributed by atoms with van der Waals surface area (Å²) in [4.78, 5) is 0. The number of ether oxygens (including phenoxy) is 2. The molecule has 1 aromatic carbocycles. The van der Waals surface area contributed by atoms with Crippen LogP contribution in [0.25, 0.3) is 0 Å². The van der Waals surface area contributed by atoms with Crippen LogP contribution in [-0.2, 0) is 10.3 Å². The van der Waals surface area contributed by atoms with E-state index in [4.69, 9.17) is 15.2 Å². The van der Waals surface area contributed by atoms with Crippen LogP contribution >= 0.6 is 0 Å². The number of unbranched alkanes of at least 4 members (excludes halogenated alkanes) is 1. The van der Waals surface area contributed by atoms with E-state index in [1.807, 2.05) is 24.3 Å². The van der Waals surface area contributed by atoms with E-state index in [9.17, 15) is 5.11 Å². The molecular weight excluding hydrogens is 242 g/mol.